The molecule has 0 aliphatic heterocycles. The third kappa shape index (κ3) is 2.37. The molecule has 3 rings (SSSR count). The van der Waals surface area contributed by atoms with E-state index in [9.17, 15) is 4.79 Å². The molecule has 1 saturated carbocycles. The van der Waals surface area contributed by atoms with Gasteiger partial charge in [0.2, 0.25) is 0 Å². The molecule has 1 heterocycles. The van der Waals surface area contributed by atoms with Crippen molar-refractivity contribution in [3.05, 3.63) is 35.6 Å². The van der Waals surface area contributed by atoms with Crippen molar-refractivity contribution in [2.24, 2.45) is 0 Å². The first kappa shape index (κ1) is 12.3. The number of para-hydroxylation sites is 1. The Balaban J connectivity index is 1.83. The fourth-order valence-corrected chi connectivity index (χ4v) is 2.89. The molecule has 1 aromatic heterocycles. The molecule has 1 aliphatic rings. The monoisotopic (exact) mass is 257 g/mol. The number of nitrogens with one attached hydrogen (secondary N) is 1. The van der Waals surface area contributed by atoms with Gasteiger partial charge in [0, 0.05) is 17.0 Å². The van der Waals surface area contributed by atoms with Crippen molar-refractivity contribution in [2.45, 2.75) is 45.1 Å². The molecule has 1 fully saturated rings. The molecule has 1 N–H and O–H groups in total. The molecule has 2 aromatic rings. The first-order chi connectivity index (χ1) is 9.25. The zero-order chi connectivity index (χ0) is 13.2. The van der Waals surface area contributed by atoms with Crippen LogP contribution in [0, 0.1) is 6.92 Å². The molecular weight excluding hydrogens is 238 g/mol. The first-order valence-corrected chi connectivity index (χ1v) is 7.04. The van der Waals surface area contributed by atoms with E-state index >= 15 is 0 Å². The zero-order valence-electron chi connectivity index (χ0n) is 11.2. The Morgan fingerprint density at radius 3 is 2.68 bits per heavy atom. The van der Waals surface area contributed by atoms with Crippen LogP contribution in [0.5, 0.6) is 0 Å². The maximum atomic E-state index is 12.3. The second kappa shape index (κ2) is 5.08. The van der Waals surface area contributed by atoms with E-state index in [4.69, 9.17) is 4.42 Å². The van der Waals surface area contributed by atoms with Gasteiger partial charge in [-0.25, -0.2) is 0 Å². The number of benzene rings is 1. The zero-order valence-corrected chi connectivity index (χ0v) is 11.2. The Hall–Kier alpha value is -1.77. The van der Waals surface area contributed by atoms with E-state index in [1.54, 1.807) is 0 Å². The summed E-state index contributed by atoms with van der Waals surface area (Å²) in [5, 5.41) is 4.13. The lowest BCUT2D eigenvalue weighted by Gasteiger charge is -2.22. The first-order valence-electron chi connectivity index (χ1n) is 7.04. The van der Waals surface area contributed by atoms with Crippen molar-refractivity contribution in [1.82, 2.24) is 5.32 Å². The topological polar surface area (TPSA) is 42.2 Å². The summed E-state index contributed by atoms with van der Waals surface area (Å²) >= 11 is 0. The summed E-state index contributed by atoms with van der Waals surface area (Å²) in [4.78, 5) is 12.3. The Labute approximate surface area is 113 Å². The van der Waals surface area contributed by atoms with Crippen molar-refractivity contribution in [1.29, 1.82) is 0 Å². The minimum absolute atomic E-state index is 0.0689. The predicted octanol–water partition coefficient (Wildman–Crippen LogP) is 3.80. The molecule has 19 heavy (non-hydrogen) atoms. The molecule has 0 spiro atoms. The Morgan fingerprint density at radius 2 is 1.95 bits per heavy atom. The van der Waals surface area contributed by atoms with Crippen LogP contribution in [0.25, 0.3) is 11.0 Å². The van der Waals surface area contributed by atoms with Gasteiger partial charge in [0.15, 0.2) is 5.76 Å². The number of carbonyl (C=O) groups is 1. The van der Waals surface area contributed by atoms with E-state index in [1.165, 1.54) is 19.3 Å². The second-order valence-corrected chi connectivity index (χ2v) is 5.36. The number of amides is 1. The molecule has 1 aliphatic carbocycles. The average Bonchev–Trinajstić information content (AvgIpc) is 2.78. The summed E-state index contributed by atoms with van der Waals surface area (Å²) in [5.74, 6) is 0.396. The van der Waals surface area contributed by atoms with Crippen molar-refractivity contribution < 1.29 is 9.21 Å². The van der Waals surface area contributed by atoms with E-state index < -0.39 is 0 Å². The molecule has 0 atom stereocenters. The molecular formula is C16H19NO2. The van der Waals surface area contributed by atoms with Crippen LogP contribution in [-0.2, 0) is 0 Å². The SMILES string of the molecule is Cc1c(C(=O)NC2CCCCC2)oc2ccccc12. The summed E-state index contributed by atoms with van der Waals surface area (Å²) in [5.41, 5.74) is 1.72. The van der Waals surface area contributed by atoms with Crippen molar-refractivity contribution in [3.63, 3.8) is 0 Å². The quantitative estimate of drug-likeness (QED) is 0.889. The molecule has 100 valence electrons. The maximum absolute atomic E-state index is 12.3. The Kier molecular flexibility index (Phi) is 3.28. The van der Waals surface area contributed by atoms with Crippen molar-refractivity contribution in [2.75, 3.05) is 0 Å². The second-order valence-electron chi connectivity index (χ2n) is 5.36. The van der Waals surface area contributed by atoms with Crippen LogP contribution in [-0.4, -0.2) is 11.9 Å². The highest BCUT2D eigenvalue weighted by atomic mass is 16.3. The number of aryl methyl sites for hydroxylation is 1. The number of fused-ring (bicyclic) bond motifs is 1. The number of rotatable bonds is 2. The highest BCUT2D eigenvalue weighted by Gasteiger charge is 2.21. The van der Waals surface area contributed by atoms with Crippen LogP contribution in [0.4, 0.5) is 0 Å². The Bertz CT molecular complexity index is 594. The van der Waals surface area contributed by atoms with E-state index in [0.29, 0.717) is 11.8 Å². The average molecular weight is 257 g/mol. The van der Waals surface area contributed by atoms with Gasteiger partial charge < -0.3 is 9.73 Å². The van der Waals surface area contributed by atoms with Crippen LogP contribution >= 0.6 is 0 Å². The van der Waals surface area contributed by atoms with E-state index in [0.717, 1.165) is 29.4 Å². The molecule has 3 nitrogen and oxygen atoms in total. The van der Waals surface area contributed by atoms with E-state index in [2.05, 4.69) is 5.32 Å². The molecule has 0 unspecified atom stereocenters. The van der Waals surface area contributed by atoms with Gasteiger partial charge in [-0.3, -0.25) is 4.79 Å². The van der Waals surface area contributed by atoms with Crippen LogP contribution in [0.15, 0.2) is 28.7 Å². The number of furan rings is 1. The van der Waals surface area contributed by atoms with Crippen molar-refractivity contribution in [3.8, 4) is 0 Å². The smallest absolute Gasteiger partial charge is 0.287 e. The van der Waals surface area contributed by atoms with Gasteiger partial charge in [0.05, 0.1) is 0 Å². The summed E-state index contributed by atoms with van der Waals surface area (Å²) in [6, 6.07) is 8.10. The summed E-state index contributed by atoms with van der Waals surface area (Å²) < 4.78 is 5.69. The van der Waals surface area contributed by atoms with Crippen LogP contribution in [0.3, 0.4) is 0 Å². The normalized spacial score (nSPS) is 16.7. The largest absolute Gasteiger partial charge is 0.451 e. The van der Waals surface area contributed by atoms with Crippen LogP contribution in [0.1, 0.15) is 48.2 Å². The number of hydrogen-bond donors (Lipinski definition) is 1. The molecule has 3 heteroatoms. The van der Waals surface area contributed by atoms with Gasteiger partial charge in [-0.1, -0.05) is 37.5 Å². The molecule has 0 bridgehead atoms. The molecule has 0 radical (unpaired) electrons. The lowest BCUT2D eigenvalue weighted by molar-refractivity contribution is 0.0901. The highest BCUT2D eigenvalue weighted by molar-refractivity contribution is 5.99. The molecule has 0 saturated heterocycles. The summed E-state index contributed by atoms with van der Waals surface area (Å²) in [7, 11) is 0. The van der Waals surface area contributed by atoms with E-state index in [-0.39, 0.29) is 5.91 Å². The lowest BCUT2D eigenvalue weighted by Crippen LogP contribution is -2.36. The summed E-state index contributed by atoms with van der Waals surface area (Å²) in [6.07, 6.45) is 5.89. The fraction of sp³-hybridized carbons (Fsp3) is 0.438. The minimum Gasteiger partial charge on any atom is -0.451 e. The third-order valence-corrected chi connectivity index (χ3v) is 3.99. The van der Waals surface area contributed by atoms with Crippen LogP contribution in [0.2, 0.25) is 0 Å². The number of carbonyl (C=O) groups excluding carboxylic acids is 1. The summed E-state index contributed by atoms with van der Waals surface area (Å²) in [6.45, 7) is 1.95. The van der Waals surface area contributed by atoms with Gasteiger partial charge in [-0.05, 0) is 25.8 Å². The Morgan fingerprint density at radius 1 is 1.21 bits per heavy atom. The van der Waals surface area contributed by atoms with Gasteiger partial charge in [0.1, 0.15) is 5.58 Å². The van der Waals surface area contributed by atoms with Crippen molar-refractivity contribution >= 4 is 16.9 Å². The van der Waals surface area contributed by atoms with Gasteiger partial charge in [-0.15, -0.1) is 0 Å². The van der Waals surface area contributed by atoms with Gasteiger partial charge >= 0.3 is 0 Å². The molecule has 1 amide bonds. The molecule has 1 aromatic carbocycles. The fourth-order valence-electron chi connectivity index (χ4n) is 2.89. The maximum Gasteiger partial charge on any atom is 0.287 e. The lowest BCUT2D eigenvalue weighted by atomic mass is 9.95. The predicted molar refractivity (Wildman–Crippen MR) is 75.3 cm³/mol. The minimum atomic E-state index is -0.0689. The third-order valence-electron chi connectivity index (χ3n) is 3.99. The standard InChI is InChI=1S/C16H19NO2/c1-11-13-9-5-6-10-14(13)19-15(11)16(18)17-12-7-3-2-4-8-12/h5-6,9-10,12H,2-4,7-8H2,1H3,(H,17,18). The van der Waals surface area contributed by atoms with Crippen LogP contribution < -0.4 is 5.32 Å². The number of hydrogen-bond acceptors (Lipinski definition) is 2. The highest BCUT2D eigenvalue weighted by Crippen LogP contribution is 2.25. The van der Waals surface area contributed by atoms with Gasteiger partial charge in [0.25, 0.3) is 5.91 Å². The van der Waals surface area contributed by atoms with Gasteiger partial charge in [-0.2, -0.15) is 0 Å². The van der Waals surface area contributed by atoms with E-state index in [1.807, 2.05) is 31.2 Å².